The van der Waals surface area contributed by atoms with Gasteiger partial charge in [-0.15, -0.1) is 0 Å². The summed E-state index contributed by atoms with van der Waals surface area (Å²) in [5, 5.41) is 16.4. The number of hydrogen-bond donors (Lipinski definition) is 1. The molecule has 0 amide bonds. The van der Waals surface area contributed by atoms with E-state index in [1.807, 2.05) is 13.8 Å². The molecule has 0 unspecified atom stereocenters. The molecule has 0 radical (unpaired) electrons. The molecule has 3 spiro atoms. The third kappa shape index (κ3) is 9.36. The molecule has 5 heterocycles. The van der Waals surface area contributed by atoms with Crippen molar-refractivity contribution in [3.8, 4) is 0 Å². The second kappa shape index (κ2) is 22.0. The number of carbonyl (C=O) groups is 3. The third-order valence-electron chi connectivity index (χ3n) is 30.0. The Morgan fingerprint density at radius 2 is 1.23 bits per heavy atom. The van der Waals surface area contributed by atoms with Crippen LogP contribution in [0.2, 0.25) is 23.2 Å². The van der Waals surface area contributed by atoms with Gasteiger partial charge >= 0.3 is 11.9 Å². The lowest BCUT2D eigenvalue weighted by atomic mass is 9.43. The standard InChI is InChI=1S/C80H112N2O12Si2/c1-46-56-33-34-57-54-31-29-50-35-61-63(40-74(50,14)58(54)37-65(85)77(56,57)45-87-79(46)68(90-49(4)84)42-72(11,12)93-79)81-62-36-51-30-32-55-59(75(51,15)41-64(62)82-61)38-66(89-48(3)83)76(16)60(55)39-67-78(76,86)47(2)80(91-67)69(43-73(13,94-80)44-88-95(17,18)70(5,6)7)92-96(71(8,9)10,52-25-21-19-22-26-52)53-27-23-20-24-28-53/h19-28,39,46-47,50-51,54-59,66-69,86H,29-38,40-45H2,1-18H3/t46-,47-,50-,51-,54-,55+,56+,57-,58-,59-,66+,67-,68+,69+,73-,74-,75-,76+,77+,78+,79-,80-/m0/s1. The minimum Gasteiger partial charge on any atom is -0.462 e. The normalized spacial score (nSPS) is 44.1. The summed E-state index contributed by atoms with van der Waals surface area (Å²) in [4.78, 5) is 53.2. The smallest absolute Gasteiger partial charge is 0.303 e. The van der Waals surface area contributed by atoms with Crippen molar-refractivity contribution in [1.29, 1.82) is 0 Å². The molecule has 1 aromatic heterocycles. The lowest BCUT2D eigenvalue weighted by molar-refractivity contribution is -0.343. The van der Waals surface area contributed by atoms with E-state index in [1.54, 1.807) is 0 Å². The molecule has 14 nitrogen and oxygen atoms in total. The summed E-state index contributed by atoms with van der Waals surface area (Å²) >= 11 is 0. The van der Waals surface area contributed by atoms with Crippen LogP contribution in [0.25, 0.3) is 0 Å². The highest BCUT2D eigenvalue weighted by Crippen LogP contribution is 2.74. The first-order valence-electron chi connectivity index (χ1n) is 37.2. The molecule has 12 aliphatic rings. The summed E-state index contributed by atoms with van der Waals surface area (Å²) in [6.45, 7) is 39.7. The molecule has 5 saturated carbocycles. The van der Waals surface area contributed by atoms with E-state index < -0.39 is 86.2 Å². The van der Waals surface area contributed by atoms with Gasteiger partial charge in [0, 0.05) is 44.9 Å². The van der Waals surface area contributed by atoms with Gasteiger partial charge in [0.05, 0.1) is 58.0 Å². The van der Waals surface area contributed by atoms with Gasteiger partial charge in [0.25, 0.3) is 8.32 Å². The van der Waals surface area contributed by atoms with Crippen molar-refractivity contribution < 1.29 is 56.8 Å². The Bertz CT molecular complexity index is 3620. The van der Waals surface area contributed by atoms with Crippen molar-refractivity contribution in [1.82, 2.24) is 9.97 Å². The highest BCUT2D eigenvalue weighted by molar-refractivity contribution is 6.99. The lowest BCUT2D eigenvalue weighted by Gasteiger charge is -2.62. The average molecular weight is 1350 g/mol. The number of fused-ring (bicyclic) bond motifs is 13. The van der Waals surface area contributed by atoms with E-state index in [9.17, 15) is 14.7 Å². The first-order chi connectivity index (χ1) is 44.9. The molecule has 1 N–H and O–H groups in total. The van der Waals surface area contributed by atoms with E-state index in [1.165, 1.54) is 13.8 Å². The predicted octanol–water partition coefficient (Wildman–Crippen LogP) is 13.3. The monoisotopic (exact) mass is 1350 g/mol. The molecule has 2 aromatic carbocycles. The number of ether oxygens (including phenoxy) is 6. The number of nitrogens with zero attached hydrogens (tertiary/aromatic N) is 2. The highest BCUT2D eigenvalue weighted by Gasteiger charge is 2.81. The van der Waals surface area contributed by atoms with Gasteiger partial charge in [0.1, 0.15) is 29.7 Å². The quantitative estimate of drug-likeness (QED) is 0.122. The number of aliphatic hydroxyl groups is 1. The van der Waals surface area contributed by atoms with Gasteiger partial charge in [-0.2, -0.15) is 0 Å². The molecule has 4 saturated heterocycles. The van der Waals surface area contributed by atoms with Gasteiger partial charge in [-0.05, 0) is 190 Å². The fraction of sp³-hybridized carbons (Fsp3) is 0.738. The number of esters is 2. The van der Waals surface area contributed by atoms with E-state index in [2.05, 4.69) is 163 Å². The van der Waals surface area contributed by atoms with Gasteiger partial charge in [0.15, 0.2) is 14.4 Å². The van der Waals surface area contributed by atoms with Crippen molar-refractivity contribution in [2.45, 2.75) is 277 Å². The molecule has 22 atom stereocenters. The van der Waals surface area contributed by atoms with Crippen molar-refractivity contribution in [3.63, 3.8) is 0 Å². The maximum Gasteiger partial charge on any atom is 0.303 e. The fourth-order valence-electron chi connectivity index (χ4n) is 24.2. The topological polar surface area (TPSA) is 171 Å². The van der Waals surface area contributed by atoms with Gasteiger partial charge in [-0.25, -0.2) is 0 Å². The number of carbonyl (C=O) groups excluding carboxylic acids is 3. The minimum absolute atomic E-state index is 0.0336. The Morgan fingerprint density at radius 1 is 0.656 bits per heavy atom. The number of rotatable bonds is 9. The fourth-order valence-corrected chi connectivity index (χ4v) is 30.0. The molecule has 3 aromatic rings. The van der Waals surface area contributed by atoms with Gasteiger partial charge < -0.3 is 42.4 Å². The van der Waals surface area contributed by atoms with Crippen LogP contribution in [0.3, 0.4) is 0 Å². The number of hydrogen-bond acceptors (Lipinski definition) is 14. The number of ketones is 1. The Balaban J connectivity index is 0.725. The van der Waals surface area contributed by atoms with E-state index in [0.29, 0.717) is 62.4 Å². The van der Waals surface area contributed by atoms with Crippen LogP contribution in [0.5, 0.6) is 0 Å². The van der Waals surface area contributed by atoms with Crippen LogP contribution < -0.4 is 10.4 Å². The van der Waals surface area contributed by atoms with Gasteiger partial charge in [-0.3, -0.25) is 24.4 Å². The molecule has 16 heteroatoms. The molecule has 0 bridgehead atoms. The summed E-state index contributed by atoms with van der Waals surface area (Å²) in [6, 6.07) is 21.5. The minimum atomic E-state index is -3.26. The summed E-state index contributed by atoms with van der Waals surface area (Å²) in [7, 11) is -5.54. The molecule has 4 aliphatic heterocycles. The first-order valence-corrected chi connectivity index (χ1v) is 42.0. The molecule has 522 valence electrons. The largest absolute Gasteiger partial charge is 0.462 e. The van der Waals surface area contributed by atoms with Crippen LogP contribution in [0.1, 0.15) is 198 Å². The number of Topliss-reactive ketones (excluding diaryl/α,β-unsaturated/α-hetero) is 1. The molecular formula is C80H112N2O12Si2. The van der Waals surface area contributed by atoms with Crippen LogP contribution in [-0.4, -0.2) is 115 Å². The summed E-state index contributed by atoms with van der Waals surface area (Å²) < 4.78 is 57.4. The van der Waals surface area contributed by atoms with Crippen LogP contribution in [-0.2, 0) is 77.3 Å². The second-order valence-corrected chi connectivity index (χ2v) is 46.3. The van der Waals surface area contributed by atoms with Crippen molar-refractivity contribution in [3.05, 3.63) is 95.1 Å². The highest BCUT2D eigenvalue weighted by atomic mass is 28.4. The zero-order chi connectivity index (χ0) is 68.5. The molecule has 15 rings (SSSR count). The van der Waals surface area contributed by atoms with Crippen molar-refractivity contribution >= 4 is 44.7 Å². The Morgan fingerprint density at radius 3 is 1.81 bits per heavy atom. The van der Waals surface area contributed by atoms with Crippen molar-refractivity contribution in [2.75, 3.05) is 13.2 Å². The van der Waals surface area contributed by atoms with Gasteiger partial charge in [-0.1, -0.05) is 142 Å². The summed E-state index contributed by atoms with van der Waals surface area (Å²) in [6.07, 6.45) is 11.3. The van der Waals surface area contributed by atoms with Crippen LogP contribution in [0.15, 0.2) is 72.3 Å². The maximum absolute atomic E-state index is 15.4. The van der Waals surface area contributed by atoms with Crippen LogP contribution in [0, 0.1) is 80.8 Å². The average Bonchev–Trinajstić information content (AvgIpc) is 1.45. The zero-order valence-corrected chi connectivity index (χ0v) is 63.1. The number of aromatic nitrogens is 2. The maximum atomic E-state index is 15.4. The van der Waals surface area contributed by atoms with Gasteiger partial charge in [0.2, 0.25) is 11.6 Å². The lowest BCUT2D eigenvalue weighted by Crippen LogP contribution is -2.70. The van der Waals surface area contributed by atoms with E-state index in [0.717, 1.165) is 103 Å². The van der Waals surface area contributed by atoms with Crippen LogP contribution >= 0.6 is 0 Å². The second-order valence-electron chi connectivity index (χ2n) is 37.3. The van der Waals surface area contributed by atoms with Crippen molar-refractivity contribution in [2.24, 2.45) is 80.8 Å². The predicted molar refractivity (Wildman–Crippen MR) is 372 cm³/mol. The zero-order valence-electron chi connectivity index (χ0n) is 61.1. The van der Waals surface area contributed by atoms with E-state index in [4.69, 9.17) is 47.2 Å². The molecular weight excluding hydrogens is 1240 g/mol. The Labute approximate surface area is 574 Å². The summed E-state index contributed by atoms with van der Waals surface area (Å²) in [5.74, 6) is -1.55. The first kappa shape index (κ1) is 67.8. The van der Waals surface area contributed by atoms with E-state index in [-0.39, 0.29) is 68.4 Å². The SMILES string of the molecule is CC(=O)O[C@@H]1CC(C)(C)O[C@]12OC[C@]13C(=O)C[C@H]4[C@@H](CC[C@H]5Cc6nc7c(nc6C[C@@]54C)C[C@@H]4CC[C@H]5C6=C[C@@H]8O[C@]9(O[C@](C)(CO[Si](C)(C)C(C)(C)C)C[C@H]9O[Si](c9ccccc9)(c9ccccc9)C(C)(C)C)[C@@H](C)[C@]8(O)[C@@]6(C)[C@H](OC(C)=O)C[C@@H]5[C@@]4(C)C7)[C@@H]1CC[C@@H]3[C@@H]2C. The Kier molecular flexibility index (Phi) is 15.6. The molecule has 9 fully saturated rings. The molecule has 96 heavy (non-hydrogen) atoms. The molecule has 8 aliphatic carbocycles. The van der Waals surface area contributed by atoms with Crippen LogP contribution in [0.4, 0.5) is 0 Å². The van der Waals surface area contributed by atoms with E-state index >= 15 is 4.79 Å². The third-order valence-corrected chi connectivity index (χ3v) is 39.5. The summed E-state index contributed by atoms with van der Waals surface area (Å²) in [5.41, 5.74) is 0.890. The Hall–Kier alpha value is -3.98. The number of benzene rings is 2.